The van der Waals surface area contributed by atoms with E-state index in [9.17, 15) is 4.79 Å². The van der Waals surface area contributed by atoms with Crippen LogP contribution in [0.3, 0.4) is 0 Å². The van der Waals surface area contributed by atoms with Gasteiger partial charge < -0.3 is 5.73 Å². The fourth-order valence-corrected chi connectivity index (χ4v) is 0.697. The van der Waals surface area contributed by atoms with Crippen LogP contribution in [0.25, 0.3) is 0 Å². The van der Waals surface area contributed by atoms with Gasteiger partial charge in [0.25, 0.3) is 5.24 Å². The van der Waals surface area contributed by atoms with E-state index in [0.717, 1.165) is 11.8 Å². The number of carbonyl (C=O) groups is 1. The zero-order valence-electron chi connectivity index (χ0n) is 4.47. The van der Waals surface area contributed by atoms with Crippen molar-refractivity contribution in [2.24, 2.45) is 5.73 Å². The molecule has 0 saturated carbocycles. The number of rotatable bonds is 1. The number of carbonyl (C=O) groups excluding carboxylic acids is 1. The molecule has 0 unspecified atom stereocenters. The van der Waals surface area contributed by atoms with Crippen LogP contribution in [0.5, 0.6) is 0 Å². The van der Waals surface area contributed by atoms with Crippen LogP contribution in [0, 0.1) is 0 Å². The monoisotopic (exact) mass is 119 g/mol. The van der Waals surface area contributed by atoms with Gasteiger partial charge in [0.05, 0.1) is 0 Å². The van der Waals surface area contributed by atoms with E-state index in [2.05, 4.69) is 0 Å². The molecule has 0 aliphatic carbocycles. The lowest BCUT2D eigenvalue weighted by atomic mass is 10.6. The average Bonchev–Trinajstić information content (AvgIpc) is 1.27. The maximum Gasteiger partial charge on any atom is 0.276 e. The summed E-state index contributed by atoms with van der Waals surface area (Å²) in [6.45, 7) is 3.85. The molecule has 0 aromatic rings. The predicted octanol–water partition coefficient (Wildman–Crippen LogP) is 1.21. The van der Waals surface area contributed by atoms with E-state index in [1.807, 2.05) is 13.8 Å². The molecule has 0 saturated heterocycles. The summed E-state index contributed by atoms with van der Waals surface area (Å²) in [5, 5.41) is 0.0208. The largest absolute Gasteiger partial charge is 0.361 e. The van der Waals surface area contributed by atoms with Gasteiger partial charge in [-0.25, -0.2) is 0 Å². The highest BCUT2D eigenvalue weighted by atomic mass is 32.2. The van der Waals surface area contributed by atoms with Gasteiger partial charge in [-0.05, 0) is 0 Å². The third-order valence-electron chi connectivity index (χ3n) is 0.352. The van der Waals surface area contributed by atoms with Gasteiger partial charge in [0.1, 0.15) is 0 Å². The van der Waals surface area contributed by atoms with Gasteiger partial charge >= 0.3 is 0 Å². The van der Waals surface area contributed by atoms with Crippen molar-refractivity contribution in [3.8, 4) is 0 Å². The van der Waals surface area contributed by atoms with Crippen molar-refractivity contribution < 1.29 is 4.79 Å². The molecular weight excluding hydrogens is 110 g/mol. The van der Waals surface area contributed by atoms with Crippen molar-refractivity contribution in [3.05, 3.63) is 0 Å². The molecule has 0 aromatic carbocycles. The van der Waals surface area contributed by atoms with Crippen molar-refractivity contribution in [3.63, 3.8) is 0 Å². The van der Waals surface area contributed by atoms with Crippen LogP contribution in [0.15, 0.2) is 0 Å². The molecule has 0 spiro atoms. The molecule has 0 aliphatic heterocycles. The molecule has 1 amide bonds. The lowest BCUT2D eigenvalue weighted by Crippen LogP contribution is -2.05. The second kappa shape index (κ2) is 2.91. The molecule has 0 rings (SSSR count). The molecule has 7 heavy (non-hydrogen) atoms. The zero-order chi connectivity index (χ0) is 5.86. The summed E-state index contributed by atoms with van der Waals surface area (Å²) in [4.78, 5) is 9.99. The maximum atomic E-state index is 9.99. The number of primary amides is 1. The van der Waals surface area contributed by atoms with Gasteiger partial charge in [0, 0.05) is 5.25 Å². The molecule has 0 aromatic heterocycles. The number of hydrogen-bond donors (Lipinski definition) is 1. The number of thioether (sulfide) groups is 1. The van der Waals surface area contributed by atoms with E-state index in [1.165, 1.54) is 0 Å². The van der Waals surface area contributed by atoms with Gasteiger partial charge in [-0.2, -0.15) is 0 Å². The number of hydrogen-bond acceptors (Lipinski definition) is 2. The Morgan fingerprint density at radius 1 is 1.71 bits per heavy atom. The Morgan fingerprint density at radius 3 is 2.14 bits per heavy atom. The van der Waals surface area contributed by atoms with Gasteiger partial charge in [-0.1, -0.05) is 25.6 Å². The Balaban J connectivity index is 3.13. The van der Waals surface area contributed by atoms with Crippen LogP contribution >= 0.6 is 11.8 Å². The Labute approximate surface area is 47.5 Å². The first-order valence-corrected chi connectivity index (χ1v) is 2.97. The van der Waals surface area contributed by atoms with Crippen molar-refractivity contribution in [2.45, 2.75) is 19.1 Å². The van der Waals surface area contributed by atoms with Crippen LogP contribution in [-0.4, -0.2) is 10.5 Å². The molecule has 2 nitrogen and oxygen atoms in total. The maximum absolute atomic E-state index is 9.99. The van der Waals surface area contributed by atoms with Crippen molar-refractivity contribution in [2.75, 3.05) is 0 Å². The summed E-state index contributed by atoms with van der Waals surface area (Å²) in [5.41, 5.74) is 4.82. The third-order valence-corrected chi connectivity index (χ3v) is 1.06. The first kappa shape index (κ1) is 6.82. The second-order valence-corrected chi connectivity index (χ2v) is 3.07. The zero-order valence-corrected chi connectivity index (χ0v) is 5.29. The number of nitrogens with two attached hydrogens (primary N) is 1. The minimum Gasteiger partial charge on any atom is -0.361 e. The van der Waals surface area contributed by atoms with E-state index in [-0.39, 0.29) is 5.24 Å². The molecular formula is C4H9NOS. The standard InChI is InChI=1S/C4H9NOS/c1-3(2)7-4(5)6/h3H,1-2H3,(H2,5,6). The topological polar surface area (TPSA) is 43.1 Å². The average molecular weight is 119 g/mol. The summed E-state index contributed by atoms with van der Waals surface area (Å²) in [7, 11) is 0. The summed E-state index contributed by atoms with van der Waals surface area (Å²) >= 11 is 1.15. The predicted molar refractivity (Wildman–Crippen MR) is 32.3 cm³/mol. The SMILES string of the molecule is CC(C)SC(N)=O. The summed E-state index contributed by atoms with van der Waals surface area (Å²) in [6.07, 6.45) is 0. The Morgan fingerprint density at radius 2 is 2.14 bits per heavy atom. The summed E-state index contributed by atoms with van der Waals surface area (Å²) in [6, 6.07) is 0. The highest BCUT2D eigenvalue weighted by molar-refractivity contribution is 8.14. The fourth-order valence-electron chi connectivity index (χ4n) is 0.232. The van der Waals surface area contributed by atoms with Crippen LogP contribution in [0.4, 0.5) is 4.79 Å². The summed E-state index contributed by atoms with van der Waals surface area (Å²) < 4.78 is 0. The second-order valence-electron chi connectivity index (χ2n) is 1.49. The molecule has 2 N–H and O–H groups in total. The first-order valence-electron chi connectivity index (χ1n) is 2.09. The molecule has 0 atom stereocenters. The highest BCUT2D eigenvalue weighted by Crippen LogP contribution is 2.06. The molecule has 0 bridgehead atoms. The minimum absolute atomic E-state index is 0.296. The van der Waals surface area contributed by atoms with Crippen LogP contribution in [0.2, 0.25) is 0 Å². The lowest BCUT2D eigenvalue weighted by molar-refractivity contribution is 0.267. The molecule has 0 aliphatic rings. The Bertz CT molecular complexity index is 72.1. The van der Waals surface area contributed by atoms with E-state index >= 15 is 0 Å². The van der Waals surface area contributed by atoms with Gasteiger partial charge in [0.15, 0.2) is 0 Å². The molecule has 3 heteroatoms. The lowest BCUT2D eigenvalue weighted by Gasteiger charge is -1.95. The van der Waals surface area contributed by atoms with E-state index in [4.69, 9.17) is 5.73 Å². The van der Waals surface area contributed by atoms with Crippen LogP contribution in [-0.2, 0) is 0 Å². The Kier molecular flexibility index (Phi) is 2.83. The normalized spacial score (nSPS) is 9.57. The first-order chi connectivity index (χ1) is 3.13. The molecule has 0 fully saturated rings. The van der Waals surface area contributed by atoms with Gasteiger partial charge in [-0.15, -0.1) is 0 Å². The Hall–Kier alpha value is -0.180. The van der Waals surface area contributed by atoms with Crippen LogP contribution in [0.1, 0.15) is 13.8 Å². The third kappa shape index (κ3) is 5.82. The highest BCUT2D eigenvalue weighted by Gasteiger charge is 1.96. The van der Waals surface area contributed by atoms with Crippen LogP contribution < -0.4 is 5.73 Å². The van der Waals surface area contributed by atoms with Gasteiger partial charge in [0.2, 0.25) is 0 Å². The smallest absolute Gasteiger partial charge is 0.276 e. The van der Waals surface area contributed by atoms with Gasteiger partial charge in [-0.3, -0.25) is 4.79 Å². The summed E-state index contributed by atoms with van der Waals surface area (Å²) in [5.74, 6) is 0. The fraction of sp³-hybridized carbons (Fsp3) is 0.750. The molecule has 0 heterocycles. The van der Waals surface area contributed by atoms with E-state index in [1.54, 1.807) is 0 Å². The van der Waals surface area contributed by atoms with Crippen molar-refractivity contribution in [1.82, 2.24) is 0 Å². The molecule has 42 valence electrons. The minimum atomic E-state index is -0.296. The van der Waals surface area contributed by atoms with E-state index in [0.29, 0.717) is 5.25 Å². The van der Waals surface area contributed by atoms with Crippen molar-refractivity contribution in [1.29, 1.82) is 0 Å². The molecule has 0 radical (unpaired) electrons. The number of amides is 1. The van der Waals surface area contributed by atoms with E-state index < -0.39 is 0 Å². The van der Waals surface area contributed by atoms with Crippen molar-refractivity contribution >= 4 is 17.0 Å². The quantitative estimate of drug-likeness (QED) is 0.563.